The Morgan fingerprint density at radius 1 is 1.00 bits per heavy atom. The first-order valence-electron chi connectivity index (χ1n) is 9.72. The first-order chi connectivity index (χ1) is 15.4. The number of anilines is 2. The first-order valence-corrected chi connectivity index (χ1v) is 11.2. The van der Waals surface area contributed by atoms with E-state index in [0.29, 0.717) is 11.4 Å². The normalized spacial score (nSPS) is 11.2. The molecule has 4 aromatic rings. The summed E-state index contributed by atoms with van der Waals surface area (Å²) in [5.74, 6) is -0.204. The SMILES string of the molecule is CN(c1ccccc1)S(=O)(=O)c1cccc(NC(=O)COc2nncc3ccccc23)c1. The molecule has 1 N–H and O–H groups in total. The van der Waals surface area contributed by atoms with Crippen molar-refractivity contribution >= 4 is 38.1 Å². The molecule has 0 aliphatic rings. The predicted octanol–water partition coefficient (Wildman–Crippen LogP) is 3.47. The Hall–Kier alpha value is -3.98. The minimum atomic E-state index is -3.80. The van der Waals surface area contributed by atoms with Gasteiger partial charge in [-0.2, -0.15) is 5.10 Å². The molecule has 8 nitrogen and oxygen atoms in total. The van der Waals surface area contributed by atoms with E-state index in [1.54, 1.807) is 42.6 Å². The summed E-state index contributed by atoms with van der Waals surface area (Å²) in [5, 5.41) is 12.1. The standard InChI is InChI=1S/C23H20N4O4S/c1-27(19-10-3-2-4-11-19)32(29,30)20-12-7-9-18(14-20)25-22(28)16-31-23-21-13-6-5-8-17(21)15-24-26-23/h2-15H,16H2,1H3,(H,25,28). The average molecular weight is 449 g/mol. The summed E-state index contributed by atoms with van der Waals surface area (Å²) in [5.41, 5.74) is 0.872. The summed E-state index contributed by atoms with van der Waals surface area (Å²) in [7, 11) is -2.32. The molecule has 9 heteroatoms. The molecule has 0 saturated heterocycles. The van der Waals surface area contributed by atoms with Gasteiger partial charge in [-0.25, -0.2) is 8.42 Å². The molecule has 162 valence electrons. The summed E-state index contributed by atoms with van der Waals surface area (Å²) in [6.07, 6.45) is 1.61. The lowest BCUT2D eigenvalue weighted by molar-refractivity contribution is -0.118. The summed E-state index contributed by atoms with van der Waals surface area (Å²) >= 11 is 0. The second-order valence-corrected chi connectivity index (χ2v) is 8.88. The van der Waals surface area contributed by atoms with Gasteiger partial charge in [0.15, 0.2) is 6.61 Å². The van der Waals surface area contributed by atoms with Crippen LogP contribution in [0.15, 0.2) is 90.0 Å². The molecule has 0 fully saturated rings. The van der Waals surface area contributed by atoms with Gasteiger partial charge in [0.25, 0.3) is 15.9 Å². The van der Waals surface area contributed by atoms with Crippen LogP contribution < -0.4 is 14.4 Å². The second-order valence-electron chi connectivity index (χ2n) is 6.91. The fourth-order valence-corrected chi connectivity index (χ4v) is 4.35. The number of aromatic nitrogens is 2. The van der Waals surface area contributed by atoms with Gasteiger partial charge in [0.2, 0.25) is 5.88 Å². The lowest BCUT2D eigenvalue weighted by Gasteiger charge is -2.19. The van der Waals surface area contributed by atoms with Crippen molar-refractivity contribution in [3.05, 3.63) is 85.1 Å². The van der Waals surface area contributed by atoms with Crippen molar-refractivity contribution in [1.82, 2.24) is 10.2 Å². The first kappa shape index (κ1) is 21.3. The smallest absolute Gasteiger partial charge is 0.264 e. The number of hydrogen-bond donors (Lipinski definition) is 1. The molecule has 32 heavy (non-hydrogen) atoms. The van der Waals surface area contributed by atoms with Gasteiger partial charge >= 0.3 is 0 Å². The summed E-state index contributed by atoms with van der Waals surface area (Å²) < 4.78 is 32.7. The second kappa shape index (κ2) is 9.03. The minimum absolute atomic E-state index is 0.0579. The number of carbonyl (C=O) groups is 1. The van der Waals surface area contributed by atoms with Gasteiger partial charge in [-0.05, 0) is 36.4 Å². The minimum Gasteiger partial charge on any atom is -0.466 e. The highest BCUT2D eigenvalue weighted by Crippen LogP contribution is 2.24. The van der Waals surface area contributed by atoms with E-state index in [4.69, 9.17) is 4.74 Å². The van der Waals surface area contributed by atoms with Crippen molar-refractivity contribution in [2.24, 2.45) is 0 Å². The number of rotatable bonds is 7. The fraction of sp³-hybridized carbons (Fsp3) is 0.0870. The molecule has 1 amide bonds. The van der Waals surface area contributed by atoms with Gasteiger partial charge in [0, 0.05) is 23.5 Å². The molecule has 0 bridgehead atoms. The molecule has 0 spiro atoms. The Kier molecular flexibility index (Phi) is 6.00. The number of nitrogens with one attached hydrogen (secondary N) is 1. The van der Waals surface area contributed by atoms with Gasteiger partial charge in [-0.1, -0.05) is 42.5 Å². The highest BCUT2D eigenvalue weighted by Gasteiger charge is 2.21. The third-order valence-corrected chi connectivity index (χ3v) is 6.55. The maximum Gasteiger partial charge on any atom is 0.264 e. The van der Waals surface area contributed by atoms with Crippen molar-refractivity contribution in [2.45, 2.75) is 4.90 Å². The Balaban J connectivity index is 1.46. The number of amides is 1. The van der Waals surface area contributed by atoms with Crippen molar-refractivity contribution in [1.29, 1.82) is 0 Å². The summed E-state index contributed by atoms with van der Waals surface area (Å²) in [4.78, 5) is 12.5. The van der Waals surface area contributed by atoms with E-state index in [0.717, 1.165) is 10.8 Å². The van der Waals surface area contributed by atoms with Crippen molar-refractivity contribution in [2.75, 3.05) is 23.3 Å². The number of nitrogens with zero attached hydrogens (tertiary/aromatic N) is 3. The Labute approximate surface area is 185 Å². The molecule has 0 aliphatic carbocycles. The predicted molar refractivity (Wildman–Crippen MR) is 122 cm³/mol. The van der Waals surface area contributed by atoms with Crippen LogP contribution in [0.2, 0.25) is 0 Å². The van der Waals surface area contributed by atoms with Crippen molar-refractivity contribution in [3.8, 4) is 5.88 Å². The van der Waals surface area contributed by atoms with Gasteiger partial charge in [-0.3, -0.25) is 9.10 Å². The molecule has 3 aromatic carbocycles. The monoisotopic (exact) mass is 448 g/mol. The third-order valence-electron chi connectivity index (χ3n) is 4.77. The van der Waals surface area contributed by atoms with Crippen LogP contribution >= 0.6 is 0 Å². The molecule has 1 heterocycles. The van der Waals surface area contributed by atoms with Gasteiger partial charge in [0.1, 0.15) is 0 Å². The zero-order valence-corrected chi connectivity index (χ0v) is 18.0. The molecule has 0 radical (unpaired) electrons. The van der Waals surface area contributed by atoms with Crippen LogP contribution in [0.4, 0.5) is 11.4 Å². The molecular formula is C23H20N4O4S. The molecule has 0 aliphatic heterocycles. The van der Waals surface area contributed by atoms with Crippen LogP contribution in [0.5, 0.6) is 5.88 Å². The summed E-state index contributed by atoms with van der Waals surface area (Å²) in [6.45, 7) is -0.302. The van der Waals surface area contributed by atoms with E-state index in [1.165, 1.54) is 23.5 Å². The maximum atomic E-state index is 13.0. The molecule has 0 saturated carbocycles. The number of para-hydroxylation sites is 1. The number of benzene rings is 3. The molecule has 0 atom stereocenters. The number of fused-ring (bicyclic) bond motifs is 1. The van der Waals surface area contributed by atoms with Crippen molar-refractivity contribution in [3.63, 3.8) is 0 Å². The zero-order chi connectivity index (χ0) is 22.6. The quantitative estimate of drug-likeness (QED) is 0.465. The largest absolute Gasteiger partial charge is 0.466 e. The Morgan fingerprint density at radius 3 is 2.56 bits per heavy atom. The number of hydrogen-bond acceptors (Lipinski definition) is 6. The van der Waals surface area contributed by atoms with E-state index in [9.17, 15) is 13.2 Å². The molecule has 4 rings (SSSR count). The van der Waals surface area contributed by atoms with Crippen LogP contribution in [0.3, 0.4) is 0 Å². The van der Waals surface area contributed by atoms with Gasteiger partial charge < -0.3 is 10.1 Å². The van der Waals surface area contributed by atoms with Crippen LogP contribution in [0, 0.1) is 0 Å². The average Bonchev–Trinajstić information content (AvgIpc) is 2.83. The summed E-state index contributed by atoms with van der Waals surface area (Å²) in [6, 6.07) is 22.2. The van der Waals surface area contributed by atoms with E-state index in [2.05, 4.69) is 15.5 Å². The van der Waals surface area contributed by atoms with Crippen LogP contribution in [0.1, 0.15) is 0 Å². The zero-order valence-electron chi connectivity index (χ0n) is 17.2. The Bertz CT molecular complexity index is 1360. The number of sulfonamides is 1. The van der Waals surface area contributed by atoms with Crippen LogP contribution in [-0.2, 0) is 14.8 Å². The third kappa shape index (κ3) is 4.52. The number of ether oxygens (including phenoxy) is 1. The highest BCUT2D eigenvalue weighted by atomic mass is 32.2. The Morgan fingerprint density at radius 2 is 1.75 bits per heavy atom. The fourth-order valence-electron chi connectivity index (χ4n) is 3.11. The van der Waals surface area contributed by atoms with Crippen LogP contribution in [0.25, 0.3) is 10.8 Å². The van der Waals surface area contributed by atoms with Gasteiger partial charge in [0.05, 0.1) is 16.8 Å². The number of carbonyl (C=O) groups excluding carboxylic acids is 1. The topological polar surface area (TPSA) is 101 Å². The van der Waals surface area contributed by atoms with Gasteiger partial charge in [-0.15, -0.1) is 5.10 Å². The molecule has 1 aromatic heterocycles. The van der Waals surface area contributed by atoms with E-state index in [1.807, 2.05) is 30.3 Å². The van der Waals surface area contributed by atoms with Crippen LogP contribution in [-0.4, -0.2) is 38.2 Å². The van der Waals surface area contributed by atoms with E-state index < -0.39 is 15.9 Å². The molecular weight excluding hydrogens is 428 g/mol. The maximum absolute atomic E-state index is 13.0. The van der Waals surface area contributed by atoms with E-state index in [-0.39, 0.29) is 17.4 Å². The highest BCUT2D eigenvalue weighted by molar-refractivity contribution is 7.92. The molecule has 0 unspecified atom stereocenters. The lowest BCUT2D eigenvalue weighted by atomic mass is 10.2. The van der Waals surface area contributed by atoms with Crippen molar-refractivity contribution < 1.29 is 17.9 Å². The van der Waals surface area contributed by atoms with E-state index >= 15 is 0 Å². The lowest BCUT2D eigenvalue weighted by Crippen LogP contribution is -2.26.